The number of hydrogen-bond acceptors (Lipinski definition) is 4. The van der Waals surface area contributed by atoms with Gasteiger partial charge in [-0.2, -0.15) is 0 Å². The minimum absolute atomic E-state index is 0.0637. The van der Waals surface area contributed by atoms with Crippen molar-refractivity contribution in [2.75, 3.05) is 6.54 Å². The zero-order valence-electron chi connectivity index (χ0n) is 9.82. The largest absolute Gasteiger partial charge is 0.356 e. The Hall–Kier alpha value is -0.940. The topological polar surface area (TPSA) is 68.0 Å². The molecule has 0 aliphatic rings. The zero-order valence-corrected chi connectivity index (χ0v) is 10.6. The Bertz CT molecular complexity index is 316. The highest BCUT2D eigenvalue weighted by Gasteiger charge is 2.12. The van der Waals surface area contributed by atoms with Gasteiger partial charge in [0.1, 0.15) is 0 Å². The number of carbonyl (C=O) groups excluding carboxylic acids is 1. The summed E-state index contributed by atoms with van der Waals surface area (Å²) in [7, 11) is 0. The molecule has 1 aromatic heterocycles. The molecule has 0 unspecified atom stereocenters. The second-order valence-corrected chi connectivity index (χ2v) is 5.29. The van der Waals surface area contributed by atoms with Crippen LogP contribution in [0.5, 0.6) is 0 Å². The average Bonchev–Trinajstić information content (AvgIpc) is 2.66. The Kier molecular flexibility index (Phi) is 4.89. The number of hydrogen-bond donors (Lipinski definition) is 2. The summed E-state index contributed by atoms with van der Waals surface area (Å²) in [5.74, 6) is 0.0637. The van der Waals surface area contributed by atoms with Crippen LogP contribution in [0.25, 0.3) is 0 Å². The van der Waals surface area contributed by atoms with E-state index in [0.717, 1.165) is 12.1 Å². The van der Waals surface area contributed by atoms with Crippen LogP contribution in [-0.2, 0) is 11.2 Å². The molecule has 1 rings (SSSR count). The molecule has 3 N–H and O–H groups in total. The molecule has 0 saturated heterocycles. The quantitative estimate of drug-likeness (QED) is 0.789. The van der Waals surface area contributed by atoms with Gasteiger partial charge in [0, 0.05) is 30.3 Å². The van der Waals surface area contributed by atoms with Gasteiger partial charge in [-0.15, -0.1) is 11.3 Å². The number of thiazole rings is 1. The van der Waals surface area contributed by atoms with E-state index in [4.69, 9.17) is 5.73 Å². The van der Waals surface area contributed by atoms with Gasteiger partial charge in [0.15, 0.2) is 0 Å². The van der Waals surface area contributed by atoms with E-state index in [2.05, 4.69) is 10.3 Å². The molecule has 0 spiro atoms. The van der Waals surface area contributed by atoms with Gasteiger partial charge in [-0.25, -0.2) is 4.98 Å². The van der Waals surface area contributed by atoms with Crippen molar-refractivity contribution in [2.45, 2.75) is 38.6 Å². The van der Waals surface area contributed by atoms with E-state index in [1.54, 1.807) is 16.8 Å². The molecule has 0 bridgehead atoms. The number of nitrogens with one attached hydrogen (secondary N) is 1. The predicted molar refractivity (Wildman–Crippen MR) is 66.3 cm³/mol. The van der Waals surface area contributed by atoms with E-state index in [9.17, 15) is 4.79 Å². The van der Waals surface area contributed by atoms with E-state index in [-0.39, 0.29) is 11.4 Å². The standard InChI is InChI=1S/C11H19N3OS/c1-11(2,12)5-3-10(15)13-6-4-9-7-16-8-14-9/h7-8H,3-6,12H2,1-2H3,(H,13,15). The molecule has 1 aromatic rings. The highest BCUT2D eigenvalue weighted by atomic mass is 32.1. The molecule has 1 amide bonds. The number of carbonyl (C=O) groups is 1. The van der Waals surface area contributed by atoms with Crippen LogP contribution >= 0.6 is 11.3 Å². The molecule has 16 heavy (non-hydrogen) atoms. The molecule has 0 fully saturated rings. The van der Waals surface area contributed by atoms with Gasteiger partial charge in [-0.1, -0.05) is 0 Å². The van der Waals surface area contributed by atoms with E-state index in [1.165, 1.54) is 0 Å². The van der Waals surface area contributed by atoms with Gasteiger partial charge in [0.25, 0.3) is 0 Å². The van der Waals surface area contributed by atoms with Crippen molar-refractivity contribution in [3.05, 3.63) is 16.6 Å². The fourth-order valence-electron chi connectivity index (χ4n) is 1.22. The van der Waals surface area contributed by atoms with Gasteiger partial charge in [-0.05, 0) is 20.3 Å². The summed E-state index contributed by atoms with van der Waals surface area (Å²) >= 11 is 1.57. The van der Waals surface area contributed by atoms with Crippen molar-refractivity contribution in [1.82, 2.24) is 10.3 Å². The summed E-state index contributed by atoms with van der Waals surface area (Å²) in [5, 5.41) is 4.86. The van der Waals surface area contributed by atoms with Crippen LogP contribution < -0.4 is 11.1 Å². The Balaban J connectivity index is 2.11. The number of aromatic nitrogens is 1. The molecule has 0 aliphatic heterocycles. The monoisotopic (exact) mass is 241 g/mol. The lowest BCUT2D eigenvalue weighted by molar-refractivity contribution is -0.121. The first-order valence-corrected chi connectivity index (χ1v) is 6.34. The summed E-state index contributed by atoms with van der Waals surface area (Å²) in [6.45, 7) is 4.50. The molecule has 0 radical (unpaired) electrons. The van der Waals surface area contributed by atoms with Crippen molar-refractivity contribution in [1.29, 1.82) is 0 Å². The lowest BCUT2D eigenvalue weighted by Crippen LogP contribution is -2.34. The van der Waals surface area contributed by atoms with Crippen molar-refractivity contribution in [3.8, 4) is 0 Å². The maximum Gasteiger partial charge on any atom is 0.220 e. The van der Waals surface area contributed by atoms with Gasteiger partial charge >= 0.3 is 0 Å². The van der Waals surface area contributed by atoms with Crippen LogP contribution in [-0.4, -0.2) is 23.0 Å². The SMILES string of the molecule is CC(C)(N)CCC(=O)NCCc1cscn1. The molecule has 1 heterocycles. The molecule has 5 heteroatoms. The van der Waals surface area contributed by atoms with Crippen LogP contribution in [0.1, 0.15) is 32.4 Å². The number of nitrogens with two attached hydrogens (primary N) is 1. The molecule has 4 nitrogen and oxygen atoms in total. The minimum atomic E-state index is -0.272. The third-order valence-corrected chi connectivity index (χ3v) is 2.82. The molecule has 0 saturated carbocycles. The summed E-state index contributed by atoms with van der Waals surface area (Å²) in [6.07, 6.45) is 1.98. The van der Waals surface area contributed by atoms with E-state index >= 15 is 0 Å². The Morgan fingerprint density at radius 2 is 2.38 bits per heavy atom. The first-order chi connectivity index (χ1) is 7.47. The summed E-state index contributed by atoms with van der Waals surface area (Å²) in [4.78, 5) is 15.6. The van der Waals surface area contributed by atoms with Crippen molar-refractivity contribution < 1.29 is 4.79 Å². The summed E-state index contributed by atoms with van der Waals surface area (Å²) in [5.41, 5.74) is 8.36. The Morgan fingerprint density at radius 3 is 2.94 bits per heavy atom. The highest BCUT2D eigenvalue weighted by Crippen LogP contribution is 2.06. The Morgan fingerprint density at radius 1 is 1.62 bits per heavy atom. The lowest BCUT2D eigenvalue weighted by Gasteiger charge is -2.17. The highest BCUT2D eigenvalue weighted by molar-refractivity contribution is 7.07. The van der Waals surface area contributed by atoms with E-state index < -0.39 is 0 Å². The maximum atomic E-state index is 11.4. The molecule has 90 valence electrons. The molecule has 0 aromatic carbocycles. The van der Waals surface area contributed by atoms with Gasteiger partial charge < -0.3 is 11.1 Å². The van der Waals surface area contributed by atoms with E-state index in [0.29, 0.717) is 19.4 Å². The van der Waals surface area contributed by atoms with Crippen molar-refractivity contribution in [2.24, 2.45) is 5.73 Å². The second-order valence-electron chi connectivity index (χ2n) is 4.57. The lowest BCUT2D eigenvalue weighted by atomic mass is 10.00. The van der Waals surface area contributed by atoms with Gasteiger partial charge in [0.2, 0.25) is 5.91 Å². The second kappa shape index (κ2) is 5.96. The molecular formula is C11H19N3OS. The molecular weight excluding hydrogens is 222 g/mol. The van der Waals surface area contributed by atoms with Crippen LogP contribution in [0.15, 0.2) is 10.9 Å². The van der Waals surface area contributed by atoms with Gasteiger partial charge in [0.05, 0.1) is 11.2 Å². The van der Waals surface area contributed by atoms with Crippen LogP contribution in [0.3, 0.4) is 0 Å². The smallest absolute Gasteiger partial charge is 0.220 e. The first-order valence-electron chi connectivity index (χ1n) is 5.40. The molecule has 0 aliphatic carbocycles. The average molecular weight is 241 g/mol. The normalized spacial score (nSPS) is 11.4. The fourth-order valence-corrected chi connectivity index (χ4v) is 1.81. The van der Waals surface area contributed by atoms with Crippen LogP contribution in [0, 0.1) is 0 Å². The number of nitrogens with zero attached hydrogens (tertiary/aromatic N) is 1. The Labute approximate surface area is 100 Å². The predicted octanol–water partition coefficient (Wildman–Crippen LogP) is 1.32. The summed E-state index contributed by atoms with van der Waals surface area (Å²) < 4.78 is 0. The van der Waals surface area contributed by atoms with Crippen LogP contribution in [0.2, 0.25) is 0 Å². The number of amides is 1. The third-order valence-electron chi connectivity index (χ3n) is 2.18. The van der Waals surface area contributed by atoms with Crippen molar-refractivity contribution in [3.63, 3.8) is 0 Å². The van der Waals surface area contributed by atoms with Crippen LogP contribution in [0.4, 0.5) is 0 Å². The van der Waals surface area contributed by atoms with Gasteiger partial charge in [-0.3, -0.25) is 4.79 Å². The summed E-state index contributed by atoms with van der Waals surface area (Å²) in [6, 6.07) is 0. The first kappa shape index (κ1) is 13.1. The minimum Gasteiger partial charge on any atom is -0.356 e. The third kappa shape index (κ3) is 5.82. The maximum absolute atomic E-state index is 11.4. The zero-order chi connectivity index (χ0) is 12.0. The number of rotatable bonds is 6. The van der Waals surface area contributed by atoms with Crippen molar-refractivity contribution >= 4 is 17.2 Å². The fraction of sp³-hybridized carbons (Fsp3) is 0.636. The molecule has 0 atom stereocenters. The van der Waals surface area contributed by atoms with E-state index in [1.807, 2.05) is 19.2 Å².